The first-order valence-corrected chi connectivity index (χ1v) is 9.49. The molecule has 2 aromatic carbocycles. The van der Waals surface area contributed by atoms with E-state index in [4.69, 9.17) is 12.2 Å². The number of sulfonamides is 1. The van der Waals surface area contributed by atoms with Crippen LogP contribution in [0.15, 0.2) is 53.4 Å². The molecule has 0 spiro atoms. The van der Waals surface area contributed by atoms with E-state index in [1.54, 1.807) is 42.5 Å². The number of anilines is 1. The third kappa shape index (κ3) is 5.42. The molecule has 3 N–H and O–H groups in total. The maximum Gasteiger partial charge on any atom is 0.242 e. The first-order chi connectivity index (χ1) is 11.8. The smallest absolute Gasteiger partial charge is 0.242 e. The van der Waals surface area contributed by atoms with E-state index in [1.807, 2.05) is 6.07 Å². The Balaban J connectivity index is 1.92. The fourth-order valence-electron chi connectivity index (χ4n) is 2.15. The number of aromatic hydroxyl groups is 1. The minimum Gasteiger partial charge on any atom is -0.508 e. The van der Waals surface area contributed by atoms with Gasteiger partial charge in [0.25, 0.3) is 0 Å². The van der Waals surface area contributed by atoms with Gasteiger partial charge in [0.1, 0.15) is 5.75 Å². The summed E-state index contributed by atoms with van der Waals surface area (Å²) in [7, 11) is -0.508. The summed E-state index contributed by atoms with van der Waals surface area (Å²) in [5.74, 6) is 0.233. The van der Waals surface area contributed by atoms with E-state index in [0.717, 1.165) is 9.87 Å². The van der Waals surface area contributed by atoms with Gasteiger partial charge < -0.3 is 15.7 Å². The van der Waals surface area contributed by atoms with Crippen LogP contribution in [-0.4, -0.2) is 43.6 Å². The molecule has 0 amide bonds. The Morgan fingerprint density at radius 1 is 1.16 bits per heavy atom. The molecule has 0 bridgehead atoms. The zero-order valence-corrected chi connectivity index (χ0v) is 15.7. The van der Waals surface area contributed by atoms with Gasteiger partial charge in [0.15, 0.2) is 5.11 Å². The standard InChI is InChI=1S/C17H21N3O3S2/c1-20(2)25(22,23)16-8-4-6-14(12-16)19-17(24)18-10-9-13-5-3-7-15(21)11-13/h3-8,11-12,21H,9-10H2,1-2H3,(H2,18,19,24). The van der Waals surface area contributed by atoms with Crippen LogP contribution in [0.5, 0.6) is 5.75 Å². The fourth-order valence-corrected chi connectivity index (χ4v) is 3.32. The molecule has 25 heavy (non-hydrogen) atoms. The highest BCUT2D eigenvalue weighted by Gasteiger charge is 2.17. The van der Waals surface area contributed by atoms with E-state index in [0.29, 0.717) is 23.8 Å². The molecule has 0 aliphatic heterocycles. The molecule has 0 atom stereocenters. The van der Waals surface area contributed by atoms with Gasteiger partial charge in [0.2, 0.25) is 10.0 Å². The first-order valence-electron chi connectivity index (χ1n) is 7.64. The van der Waals surface area contributed by atoms with Crippen molar-refractivity contribution < 1.29 is 13.5 Å². The second kappa shape index (κ2) is 8.28. The number of phenolic OH excluding ortho intramolecular Hbond substituents is 1. The average molecular weight is 380 g/mol. The van der Waals surface area contributed by atoms with Gasteiger partial charge in [-0.25, -0.2) is 12.7 Å². The Bertz CT molecular complexity index is 852. The molecule has 0 unspecified atom stereocenters. The zero-order valence-electron chi connectivity index (χ0n) is 14.1. The Labute approximate surface area is 153 Å². The highest BCUT2D eigenvalue weighted by molar-refractivity contribution is 7.89. The highest BCUT2D eigenvalue weighted by Crippen LogP contribution is 2.18. The van der Waals surface area contributed by atoms with Crippen molar-refractivity contribution in [2.45, 2.75) is 11.3 Å². The SMILES string of the molecule is CN(C)S(=O)(=O)c1cccc(NC(=S)NCCc2cccc(O)c2)c1. The van der Waals surface area contributed by atoms with Crippen LogP contribution in [0.2, 0.25) is 0 Å². The molecule has 0 heterocycles. The molecule has 0 aliphatic rings. The average Bonchev–Trinajstić information content (AvgIpc) is 2.55. The normalized spacial score (nSPS) is 11.3. The van der Waals surface area contributed by atoms with Gasteiger partial charge in [-0.15, -0.1) is 0 Å². The second-order valence-corrected chi connectivity index (χ2v) is 8.18. The summed E-state index contributed by atoms with van der Waals surface area (Å²) in [4.78, 5) is 0.199. The summed E-state index contributed by atoms with van der Waals surface area (Å²) in [6.45, 7) is 0.588. The van der Waals surface area contributed by atoms with Gasteiger partial charge >= 0.3 is 0 Å². The quantitative estimate of drug-likeness (QED) is 0.668. The summed E-state index contributed by atoms with van der Waals surface area (Å²) in [5, 5.41) is 15.9. The van der Waals surface area contributed by atoms with Gasteiger partial charge in [-0.2, -0.15) is 0 Å². The van der Waals surface area contributed by atoms with E-state index in [1.165, 1.54) is 14.1 Å². The molecular weight excluding hydrogens is 358 g/mol. The molecule has 0 fully saturated rings. The highest BCUT2D eigenvalue weighted by atomic mass is 32.2. The first kappa shape index (κ1) is 19.2. The molecule has 0 aliphatic carbocycles. The Morgan fingerprint density at radius 3 is 2.56 bits per heavy atom. The summed E-state index contributed by atoms with van der Waals surface area (Å²) in [6.07, 6.45) is 0.700. The minimum atomic E-state index is -3.49. The number of nitrogens with one attached hydrogen (secondary N) is 2. The van der Waals surface area contributed by atoms with E-state index in [9.17, 15) is 13.5 Å². The summed E-state index contributed by atoms with van der Waals surface area (Å²) in [6, 6.07) is 13.5. The molecule has 2 aromatic rings. The van der Waals surface area contributed by atoms with Gasteiger partial charge in [-0.05, 0) is 54.5 Å². The fraction of sp³-hybridized carbons (Fsp3) is 0.235. The van der Waals surface area contributed by atoms with Crippen LogP contribution >= 0.6 is 12.2 Å². The molecule has 8 heteroatoms. The van der Waals surface area contributed by atoms with Gasteiger partial charge in [-0.3, -0.25) is 0 Å². The number of rotatable bonds is 6. The third-order valence-corrected chi connectivity index (χ3v) is 5.54. The minimum absolute atomic E-state index is 0.199. The maximum atomic E-state index is 12.2. The van der Waals surface area contributed by atoms with Crippen molar-refractivity contribution in [1.82, 2.24) is 9.62 Å². The number of hydrogen-bond acceptors (Lipinski definition) is 4. The lowest BCUT2D eigenvalue weighted by Gasteiger charge is -2.14. The van der Waals surface area contributed by atoms with Gasteiger partial charge in [-0.1, -0.05) is 18.2 Å². The van der Waals surface area contributed by atoms with Crippen molar-refractivity contribution in [1.29, 1.82) is 0 Å². The van der Waals surface area contributed by atoms with Crippen molar-refractivity contribution in [3.05, 3.63) is 54.1 Å². The van der Waals surface area contributed by atoms with Crippen molar-refractivity contribution in [3.8, 4) is 5.75 Å². The van der Waals surface area contributed by atoms with Crippen LogP contribution in [-0.2, 0) is 16.4 Å². The molecule has 0 saturated carbocycles. The molecule has 6 nitrogen and oxygen atoms in total. The lowest BCUT2D eigenvalue weighted by molar-refractivity contribution is 0.474. The molecular formula is C17H21N3O3S2. The predicted molar refractivity (Wildman–Crippen MR) is 103 cm³/mol. The van der Waals surface area contributed by atoms with Gasteiger partial charge in [0, 0.05) is 26.3 Å². The van der Waals surface area contributed by atoms with Crippen molar-refractivity contribution in [2.24, 2.45) is 0 Å². The van der Waals surface area contributed by atoms with Crippen LogP contribution < -0.4 is 10.6 Å². The Morgan fingerprint density at radius 2 is 1.88 bits per heavy atom. The lowest BCUT2D eigenvalue weighted by Crippen LogP contribution is -2.30. The van der Waals surface area contributed by atoms with Crippen LogP contribution in [0.3, 0.4) is 0 Å². The van der Waals surface area contributed by atoms with Crippen LogP contribution in [0.25, 0.3) is 0 Å². The molecule has 0 saturated heterocycles. The van der Waals surface area contributed by atoms with E-state index >= 15 is 0 Å². The second-order valence-electron chi connectivity index (χ2n) is 5.62. The van der Waals surface area contributed by atoms with Crippen LogP contribution in [0.1, 0.15) is 5.56 Å². The van der Waals surface area contributed by atoms with Crippen molar-refractivity contribution in [2.75, 3.05) is 26.0 Å². The number of hydrogen-bond donors (Lipinski definition) is 3. The third-order valence-electron chi connectivity index (χ3n) is 3.48. The topological polar surface area (TPSA) is 81.7 Å². The zero-order chi connectivity index (χ0) is 18.4. The largest absolute Gasteiger partial charge is 0.508 e. The molecule has 0 aromatic heterocycles. The van der Waals surface area contributed by atoms with E-state index < -0.39 is 10.0 Å². The van der Waals surface area contributed by atoms with Crippen LogP contribution in [0, 0.1) is 0 Å². The monoisotopic (exact) mass is 379 g/mol. The molecule has 0 radical (unpaired) electrons. The molecule has 134 valence electrons. The number of thiocarbonyl (C=S) groups is 1. The van der Waals surface area contributed by atoms with Gasteiger partial charge in [0.05, 0.1) is 4.90 Å². The Hall–Kier alpha value is -2.16. The Kier molecular flexibility index (Phi) is 6.35. The van der Waals surface area contributed by atoms with E-state index in [2.05, 4.69) is 10.6 Å². The summed E-state index contributed by atoms with van der Waals surface area (Å²) < 4.78 is 25.5. The number of phenols is 1. The van der Waals surface area contributed by atoms with Crippen molar-refractivity contribution in [3.63, 3.8) is 0 Å². The van der Waals surface area contributed by atoms with E-state index in [-0.39, 0.29) is 10.6 Å². The summed E-state index contributed by atoms with van der Waals surface area (Å²) in [5.41, 5.74) is 1.59. The number of nitrogens with zero attached hydrogens (tertiary/aromatic N) is 1. The molecule has 2 rings (SSSR count). The lowest BCUT2D eigenvalue weighted by atomic mass is 10.1. The maximum absolute atomic E-state index is 12.2. The number of benzene rings is 2. The van der Waals surface area contributed by atoms with Crippen molar-refractivity contribution >= 4 is 33.0 Å². The van der Waals surface area contributed by atoms with Crippen LogP contribution in [0.4, 0.5) is 5.69 Å². The predicted octanol–water partition coefficient (Wildman–Crippen LogP) is 2.17. The summed E-state index contributed by atoms with van der Waals surface area (Å²) >= 11 is 5.23.